The minimum atomic E-state index is 0.540. The van der Waals surface area contributed by atoms with E-state index in [9.17, 15) is 0 Å². The largest absolute Gasteiger partial charge is 0.377 e. The number of hydrogen-bond acceptors (Lipinski definition) is 1. The first-order chi connectivity index (χ1) is 10.6. The van der Waals surface area contributed by atoms with Crippen molar-refractivity contribution in [3.05, 3.63) is 54.1 Å². The Morgan fingerprint density at radius 3 is 1.86 bits per heavy atom. The van der Waals surface area contributed by atoms with E-state index >= 15 is 0 Å². The quantitative estimate of drug-likeness (QED) is 0.423. The summed E-state index contributed by atoms with van der Waals surface area (Å²) in [7, 11) is 4.23. The molecule has 1 heteroatoms. The molecule has 0 atom stereocenters. The monoisotopic (exact) mass is 287 g/mol. The topological polar surface area (TPSA) is 3.24 Å². The summed E-state index contributed by atoms with van der Waals surface area (Å²) < 4.78 is 0. The molecule has 4 rings (SSSR count). The lowest BCUT2D eigenvalue weighted by atomic mass is 9.88. The van der Waals surface area contributed by atoms with E-state index in [1.165, 1.54) is 43.6 Å². The minimum Gasteiger partial charge on any atom is -0.377 e. The summed E-state index contributed by atoms with van der Waals surface area (Å²) in [5, 5.41) is 8.25. The molecule has 0 fully saturated rings. The molecule has 0 spiro atoms. The fourth-order valence-electron chi connectivity index (χ4n) is 3.70. The smallest absolute Gasteiger partial charge is 0.0441 e. The third kappa shape index (κ3) is 1.72. The van der Waals surface area contributed by atoms with Gasteiger partial charge in [-0.1, -0.05) is 56.3 Å². The average molecular weight is 287 g/mol. The van der Waals surface area contributed by atoms with Crippen molar-refractivity contribution in [2.75, 3.05) is 19.0 Å². The SMILES string of the molecule is CC(C)c1ccc2ccc3c(N(C)C)ccc4ccc1c2c43. The van der Waals surface area contributed by atoms with Gasteiger partial charge in [-0.05, 0) is 44.5 Å². The van der Waals surface area contributed by atoms with Gasteiger partial charge >= 0.3 is 0 Å². The van der Waals surface area contributed by atoms with Crippen LogP contribution in [-0.4, -0.2) is 14.1 Å². The van der Waals surface area contributed by atoms with Crippen LogP contribution in [0.3, 0.4) is 0 Å². The van der Waals surface area contributed by atoms with Gasteiger partial charge in [-0.2, -0.15) is 0 Å². The van der Waals surface area contributed by atoms with Crippen molar-refractivity contribution < 1.29 is 0 Å². The van der Waals surface area contributed by atoms with Gasteiger partial charge in [0.15, 0.2) is 0 Å². The number of anilines is 1. The zero-order chi connectivity index (χ0) is 15.4. The van der Waals surface area contributed by atoms with E-state index in [1.807, 2.05) is 0 Å². The van der Waals surface area contributed by atoms with E-state index in [2.05, 4.69) is 81.4 Å². The van der Waals surface area contributed by atoms with Crippen molar-refractivity contribution in [1.82, 2.24) is 0 Å². The first kappa shape index (κ1) is 13.4. The molecule has 1 nitrogen and oxygen atoms in total. The Bertz CT molecular complexity index is 898. The Hall–Kier alpha value is -2.28. The molecule has 0 saturated carbocycles. The Morgan fingerprint density at radius 1 is 0.682 bits per heavy atom. The Balaban J connectivity index is 2.28. The normalized spacial score (nSPS) is 12.0. The van der Waals surface area contributed by atoms with Gasteiger partial charge < -0.3 is 4.90 Å². The minimum absolute atomic E-state index is 0.540. The van der Waals surface area contributed by atoms with E-state index in [0.717, 1.165) is 0 Å². The molecular weight excluding hydrogens is 266 g/mol. The lowest BCUT2D eigenvalue weighted by molar-refractivity contribution is 0.877. The molecule has 0 saturated heterocycles. The molecule has 0 heterocycles. The van der Waals surface area contributed by atoms with Crippen molar-refractivity contribution in [2.45, 2.75) is 19.8 Å². The lowest BCUT2D eigenvalue weighted by Crippen LogP contribution is -2.09. The van der Waals surface area contributed by atoms with Crippen LogP contribution in [0.5, 0.6) is 0 Å². The molecule has 0 aliphatic heterocycles. The molecule has 0 radical (unpaired) electrons. The number of nitrogens with zero attached hydrogens (tertiary/aromatic N) is 1. The summed E-state index contributed by atoms with van der Waals surface area (Å²) >= 11 is 0. The average Bonchev–Trinajstić information content (AvgIpc) is 2.51. The highest BCUT2D eigenvalue weighted by atomic mass is 15.1. The molecule has 22 heavy (non-hydrogen) atoms. The summed E-state index contributed by atoms with van der Waals surface area (Å²) in [4.78, 5) is 2.20. The zero-order valence-corrected chi connectivity index (χ0v) is 13.6. The summed E-state index contributed by atoms with van der Waals surface area (Å²) in [6.45, 7) is 4.55. The van der Waals surface area contributed by atoms with E-state index in [4.69, 9.17) is 0 Å². The highest BCUT2D eigenvalue weighted by Crippen LogP contribution is 2.40. The van der Waals surface area contributed by atoms with Crippen LogP contribution in [0.4, 0.5) is 5.69 Å². The Kier molecular flexibility index (Phi) is 2.80. The van der Waals surface area contributed by atoms with E-state index in [0.29, 0.717) is 5.92 Å². The van der Waals surface area contributed by atoms with Crippen LogP contribution in [0.2, 0.25) is 0 Å². The van der Waals surface area contributed by atoms with Gasteiger partial charge in [0.25, 0.3) is 0 Å². The molecule has 0 unspecified atom stereocenters. The molecular formula is C21H21N. The van der Waals surface area contributed by atoms with Gasteiger partial charge in [0.1, 0.15) is 0 Å². The number of hydrogen-bond donors (Lipinski definition) is 0. The van der Waals surface area contributed by atoms with Crippen LogP contribution >= 0.6 is 0 Å². The van der Waals surface area contributed by atoms with Crippen LogP contribution < -0.4 is 4.90 Å². The number of rotatable bonds is 2. The van der Waals surface area contributed by atoms with E-state index in [-0.39, 0.29) is 0 Å². The Labute approximate surface area is 131 Å². The third-order valence-corrected chi connectivity index (χ3v) is 4.78. The van der Waals surface area contributed by atoms with Crippen LogP contribution in [0, 0.1) is 0 Å². The summed E-state index contributed by atoms with van der Waals surface area (Å²) in [5.74, 6) is 0.540. The second-order valence-electron chi connectivity index (χ2n) is 6.71. The first-order valence-electron chi connectivity index (χ1n) is 7.95. The molecule has 0 N–H and O–H groups in total. The molecule has 0 bridgehead atoms. The fraction of sp³-hybridized carbons (Fsp3) is 0.238. The summed E-state index contributed by atoms with van der Waals surface area (Å²) in [6.07, 6.45) is 0. The fourth-order valence-corrected chi connectivity index (χ4v) is 3.70. The molecule has 0 amide bonds. The molecule has 0 aromatic heterocycles. The van der Waals surface area contributed by atoms with Crippen molar-refractivity contribution in [3.63, 3.8) is 0 Å². The van der Waals surface area contributed by atoms with Gasteiger partial charge in [0, 0.05) is 25.2 Å². The van der Waals surface area contributed by atoms with Gasteiger partial charge in [-0.25, -0.2) is 0 Å². The molecule has 0 aliphatic rings. The van der Waals surface area contributed by atoms with Crippen LogP contribution in [0.15, 0.2) is 48.5 Å². The predicted octanol–water partition coefficient (Wildman–Crippen LogP) is 5.77. The van der Waals surface area contributed by atoms with E-state index < -0.39 is 0 Å². The maximum Gasteiger partial charge on any atom is 0.0441 e. The van der Waals surface area contributed by atoms with E-state index in [1.54, 1.807) is 0 Å². The first-order valence-corrected chi connectivity index (χ1v) is 7.95. The number of benzene rings is 4. The second kappa shape index (κ2) is 4.61. The lowest BCUT2D eigenvalue weighted by Gasteiger charge is -2.20. The summed E-state index contributed by atoms with van der Waals surface area (Å²) in [6, 6.07) is 18.2. The maximum absolute atomic E-state index is 2.30. The highest BCUT2D eigenvalue weighted by molar-refractivity contribution is 6.25. The highest BCUT2D eigenvalue weighted by Gasteiger charge is 2.14. The standard InChI is InChI=1S/C21H21N/c1-13(2)16-9-5-14-7-11-18-19(22(3)4)12-8-15-6-10-17(16)20(14)21(15)18/h5-13H,1-4H3. The second-order valence-corrected chi connectivity index (χ2v) is 6.71. The van der Waals surface area contributed by atoms with Crippen LogP contribution in [0.25, 0.3) is 32.3 Å². The van der Waals surface area contributed by atoms with Gasteiger partial charge in [0.2, 0.25) is 0 Å². The van der Waals surface area contributed by atoms with Crippen molar-refractivity contribution in [2.24, 2.45) is 0 Å². The zero-order valence-electron chi connectivity index (χ0n) is 13.6. The third-order valence-electron chi connectivity index (χ3n) is 4.78. The molecule has 4 aromatic carbocycles. The van der Waals surface area contributed by atoms with Gasteiger partial charge in [-0.15, -0.1) is 0 Å². The van der Waals surface area contributed by atoms with Crippen molar-refractivity contribution >= 4 is 38.0 Å². The molecule has 0 aliphatic carbocycles. The molecule has 110 valence electrons. The van der Waals surface area contributed by atoms with Gasteiger partial charge in [-0.3, -0.25) is 0 Å². The predicted molar refractivity (Wildman–Crippen MR) is 98.6 cm³/mol. The maximum atomic E-state index is 2.30. The van der Waals surface area contributed by atoms with Crippen LogP contribution in [-0.2, 0) is 0 Å². The van der Waals surface area contributed by atoms with Crippen molar-refractivity contribution in [3.8, 4) is 0 Å². The molecule has 4 aromatic rings. The van der Waals surface area contributed by atoms with Gasteiger partial charge in [0.05, 0.1) is 0 Å². The summed E-state index contributed by atoms with van der Waals surface area (Å²) in [5.41, 5.74) is 2.73. The van der Waals surface area contributed by atoms with Crippen LogP contribution in [0.1, 0.15) is 25.3 Å². The van der Waals surface area contributed by atoms with Crippen molar-refractivity contribution in [1.29, 1.82) is 0 Å². The Morgan fingerprint density at radius 2 is 1.23 bits per heavy atom.